The Morgan fingerprint density at radius 2 is 1.92 bits per heavy atom. The first-order valence-electron chi connectivity index (χ1n) is 8.51. The maximum atomic E-state index is 12.6. The summed E-state index contributed by atoms with van der Waals surface area (Å²) in [6.45, 7) is 1.16. The molecule has 1 aromatic rings. The van der Waals surface area contributed by atoms with Crippen molar-refractivity contribution in [3.63, 3.8) is 0 Å². The molecule has 1 aromatic carbocycles. The normalized spacial score (nSPS) is 21.7. The lowest BCUT2D eigenvalue weighted by Gasteiger charge is -2.32. The highest BCUT2D eigenvalue weighted by molar-refractivity contribution is 5.94. The topological polar surface area (TPSA) is 76.1 Å². The van der Waals surface area contributed by atoms with Gasteiger partial charge in [0.1, 0.15) is 5.75 Å². The molecule has 2 aliphatic rings. The van der Waals surface area contributed by atoms with Gasteiger partial charge < -0.3 is 19.5 Å². The summed E-state index contributed by atoms with van der Waals surface area (Å²) in [5.41, 5.74) is 0.588. The summed E-state index contributed by atoms with van der Waals surface area (Å²) >= 11 is 0. The molecule has 1 N–H and O–H groups in total. The maximum Gasteiger partial charge on any atom is 0.306 e. The van der Waals surface area contributed by atoms with E-state index in [2.05, 4.69) is 0 Å². The Morgan fingerprint density at radius 1 is 1.21 bits per heavy atom. The number of carboxylic acids is 1. The largest absolute Gasteiger partial charge is 0.490 e. The number of amides is 1. The van der Waals surface area contributed by atoms with Crippen molar-refractivity contribution in [3.8, 4) is 5.75 Å². The van der Waals surface area contributed by atoms with Crippen LogP contribution in [0.5, 0.6) is 5.75 Å². The summed E-state index contributed by atoms with van der Waals surface area (Å²) in [7, 11) is 0. The third kappa shape index (κ3) is 4.26. The predicted octanol–water partition coefficient (Wildman–Crippen LogP) is 2.32. The zero-order valence-electron chi connectivity index (χ0n) is 13.6. The maximum absolute atomic E-state index is 12.6. The fourth-order valence-corrected chi connectivity index (χ4v) is 3.28. The number of ether oxygens (including phenoxy) is 2. The van der Waals surface area contributed by atoms with Crippen molar-refractivity contribution >= 4 is 11.9 Å². The minimum Gasteiger partial charge on any atom is -0.490 e. The van der Waals surface area contributed by atoms with Gasteiger partial charge in [0.15, 0.2) is 0 Å². The lowest BCUT2D eigenvalue weighted by Crippen LogP contribution is -2.46. The summed E-state index contributed by atoms with van der Waals surface area (Å²) in [4.78, 5) is 25.0. The number of carbonyl (C=O) groups is 2. The summed E-state index contributed by atoms with van der Waals surface area (Å²) in [6, 6.07) is 7.21. The molecule has 130 valence electrons. The molecular weight excluding hydrogens is 310 g/mol. The Hall–Kier alpha value is -2.08. The highest BCUT2D eigenvalue weighted by Gasteiger charge is 2.26. The van der Waals surface area contributed by atoms with Crippen molar-refractivity contribution in [1.82, 2.24) is 4.90 Å². The van der Waals surface area contributed by atoms with E-state index in [-0.39, 0.29) is 12.3 Å². The first-order valence-corrected chi connectivity index (χ1v) is 8.51. The second kappa shape index (κ2) is 7.66. The summed E-state index contributed by atoms with van der Waals surface area (Å²) in [6.07, 6.45) is 4.40. The molecule has 1 saturated heterocycles. The minimum absolute atomic E-state index is 0.0854. The predicted molar refractivity (Wildman–Crippen MR) is 87.2 cm³/mol. The van der Waals surface area contributed by atoms with Crippen LogP contribution in [0.4, 0.5) is 0 Å². The Labute approximate surface area is 141 Å². The van der Waals surface area contributed by atoms with E-state index in [0.29, 0.717) is 31.4 Å². The third-order valence-electron chi connectivity index (χ3n) is 4.53. The van der Waals surface area contributed by atoms with Gasteiger partial charge in [-0.25, -0.2) is 0 Å². The van der Waals surface area contributed by atoms with E-state index >= 15 is 0 Å². The lowest BCUT2D eigenvalue weighted by molar-refractivity contribution is -0.141. The van der Waals surface area contributed by atoms with Gasteiger partial charge >= 0.3 is 5.97 Å². The van der Waals surface area contributed by atoms with Gasteiger partial charge in [-0.1, -0.05) is 0 Å². The molecule has 1 heterocycles. The average molecular weight is 333 g/mol. The van der Waals surface area contributed by atoms with Crippen LogP contribution >= 0.6 is 0 Å². The van der Waals surface area contributed by atoms with Gasteiger partial charge in [-0.15, -0.1) is 0 Å². The average Bonchev–Trinajstić information content (AvgIpc) is 3.07. The van der Waals surface area contributed by atoms with Crippen LogP contribution in [-0.4, -0.2) is 53.8 Å². The van der Waals surface area contributed by atoms with Gasteiger partial charge in [-0.2, -0.15) is 0 Å². The van der Waals surface area contributed by atoms with Gasteiger partial charge in [0.05, 0.1) is 25.2 Å². The number of morpholine rings is 1. The Balaban J connectivity index is 1.58. The molecule has 1 atom stereocenters. The molecule has 1 aliphatic heterocycles. The number of carbonyl (C=O) groups excluding carboxylic acids is 1. The molecule has 2 fully saturated rings. The van der Waals surface area contributed by atoms with Crippen molar-refractivity contribution in [2.75, 3.05) is 19.7 Å². The molecule has 0 radical (unpaired) electrons. The SMILES string of the molecule is O=C(O)C[C@H]1CN(C(=O)c2ccc(OC3CCCC3)cc2)CCO1. The molecule has 0 spiro atoms. The van der Waals surface area contributed by atoms with Crippen LogP contribution in [0.25, 0.3) is 0 Å². The fourth-order valence-electron chi connectivity index (χ4n) is 3.28. The smallest absolute Gasteiger partial charge is 0.306 e. The number of rotatable bonds is 5. The summed E-state index contributed by atoms with van der Waals surface area (Å²) in [5.74, 6) is -0.215. The Kier molecular flexibility index (Phi) is 5.35. The van der Waals surface area contributed by atoms with Crippen molar-refractivity contribution < 1.29 is 24.2 Å². The third-order valence-corrected chi connectivity index (χ3v) is 4.53. The highest BCUT2D eigenvalue weighted by atomic mass is 16.5. The first-order chi connectivity index (χ1) is 11.6. The minimum atomic E-state index is -0.914. The van der Waals surface area contributed by atoms with Gasteiger partial charge in [0.25, 0.3) is 5.91 Å². The number of benzene rings is 1. The molecule has 0 bridgehead atoms. The highest BCUT2D eigenvalue weighted by Crippen LogP contribution is 2.24. The number of aliphatic carboxylic acids is 1. The monoisotopic (exact) mass is 333 g/mol. The molecule has 0 aromatic heterocycles. The molecule has 24 heavy (non-hydrogen) atoms. The molecule has 6 heteroatoms. The van der Waals surface area contributed by atoms with E-state index in [4.69, 9.17) is 14.6 Å². The van der Waals surface area contributed by atoms with Crippen LogP contribution in [0, 0.1) is 0 Å². The molecule has 1 aliphatic carbocycles. The van der Waals surface area contributed by atoms with Crippen LogP contribution in [0.3, 0.4) is 0 Å². The van der Waals surface area contributed by atoms with E-state index in [1.54, 1.807) is 17.0 Å². The van der Waals surface area contributed by atoms with E-state index in [1.807, 2.05) is 12.1 Å². The zero-order valence-corrected chi connectivity index (χ0v) is 13.6. The van der Waals surface area contributed by atoms with Gasteiger partial charge in [0, 0.05) is 18.7 Å². The fraction of sp³-hybridized carbons (Fsp3) is 0.556. The number of carboxylic acid groups (broad SMARTS) is 1. The van der Waals surface area contributed by atoms with Gasteiger partial charge in [0.2, 0.25) is 0 Å². The Morgan fingerprint density at radius 3 is 2.58 bits per heavy atom. The van der Waals surface area contributed by atoms with E-state index in [0.717, 1.165) is 18.6 Å². The summed E-state index contributed by atoms with van der Waals surface area (Å²) in [5, 5.41) is 8.86. The quantitative estimate of drug-likeness (QED) is 0.895. The molecule has 3 rings (SSSR count). The standard InChI is InChI=1S/C18H23NO5/c20-17(21)11-16-12-19(9-10-23-16)18(22)13-5-7-15(8-6-13)24-14-3-1-2-4-14/h5-8,14,16H,1-4,9-12H2,(H,20,21)/t16-/m0/s1. The summed E-state index contributed by atoms with van der Waals surface area (Å²) < 4.78 is 11.3. The van der Waals surface area contributed by atoms with Crippen LogP contribution < -0.4 is 4.74 Å². The number of hydrogen-bond donors (Lipinski definition) is 1. The molecular formula is C18H23NO5. The van der Waals surface area contributed by atoms with Crippen molar-refractivity contribution in [1.29, 1.82) is 0 Å². The Bertz CT molecular complexity index is 580. The van der Waals surface area contributed by atoms with Crippen LogP contribution in [0.2, 0.25) is 0 Å². The molecule has 1 saturated carbocycles. The number of hydrogen-bond acceptors (Lipinski definition) is 4. The van der Waals surface area contributed by atoms with Gasteiger partial charge in [-0.05, 0) is 49.9 Å². The van der Waals surface area contributed by atoms with E-state index < -0.39 is 12.1 Å². The van der Waals surface area contributed by atoms with Crippen LogP contribution in [0.15, 0.2) is 24.3 Å². The van der Waals surface area contributed by atoms with E-state index in [1.165, 1.54) is 12.8 Å². The second-order valence-corrected chi connectivity index (χ2v) is 6.39. The van der Waals surface area contributed by atoms with E-state index in [9.17, 15) is 9.59 Å². The van der Waals surface area contributed by atoms with Crippen molar-refractivity contribution in [3.05, 3.63) is 29.8 Å². The zero-order chi connectivity index (χ0) is 16.9. The van der Waals surface area contributed by atoms with Crippen molar-refractivity contribution in [2.24, 2.45) is 0 Å². The van der Waals surface area contributed by atoms with Crippen LogP contribution in [0.1, 0.15) is 42.5 Å². The van der Waals surface area contributed by atoms with Crippen molar-refractivity contribution in [2.45, 2.75) is 44.3 Å². The van der Waals surface area contributed by atoms with Crippen LogP contribution in [-0.2, 0) is 9.53 Å². The first kappa shape index (κ1) is 16.8. The lowest BCUT2D eigenvalue weighted by atomic mass is 10.1. The van der Waals surface area contributed by atoms with Gasteiger partial charge in [-0.3, -0.25) is 9.59 Å². The number of nitrogens with zero attached hydrogens (tertiary/aromatic N) is 1. The molecule has 6 nitrogen and oxygen atoms in total. The second-order valence-electron chi connectivity index (χ2n) is 6.39. The molecule has 1 amide bonds. The molecule has 0 unspecified atom stereocenters.